The van der Waals surface area contributed by atoms with E-state index in [1.807, 2.05) is 38.1 Å². The molecule has 0 fully saturated rings. The highest BCUT2D eigenvalue weighted by Crippen LogP contribution is 2.28. The Morgan fingerprint density at radius 2 is 1.84 bits per heavy atom. The Bertz CT molecular complexity index is 597. The summed E-state index contributed by atoms with van der Waals surface area (Å²) in [5, 5.41) is 2.86. The summed E-state index contributed by atoms with van der Waals surface area (Å²) in [5.74, 6) is -1.77. The minimum atomic E-state index is -0.861. The van der Waals surface area contributed by atoms with Crippen molar-refractivity contribution in [3.8, 4) is 0 Å². The van der Waals surface area contributed by atoms with Crippen molar-refractivity contribution in [1.82, 2.24) is 4.98 Å². The molecule has 0 aliphatic carbocycles. The van der Waals surface area contributed by atoms with Gasteiger partial charge in [0.25, 0.3) is 0 Å². The maximum atomic E-state index is 13.6. The highest BCUT2D eigenvalue weighted by atomic mass is 19.1. The number of halogens is 2. The number of benzene rings is 1. The Labute approximate surface area is 110 Å². The van der Waals surface area contributed by atoms with Crippen LogP contribution in [0.5, 0.6) is 0 Å². The van der Waals surface area contributed by atoms with Crippen molar-refractivity contribution < 1.29 is 8.78 Å². The molecule has 1 aromatic heterocycles. The Hall–Kier alpha value is -2.17. The van der Waals surface area contributed by atoms with E-state index in [4.69, 9.17) is 5.73 Å². The highest BCUT2D eigenvalue weighted by Gasteiger charge is 2.12. The number of hydrogen-bond donors (Lipinski definition) is 2. The largest absolute Gasteiger partial charge is 0.381 e. The van der Waals surface area contributed by atoms with E-state index < -0.39 is 11.6 Å². The highest BCUT2D eigenvalue weighted by molar-refractivity contribution is 5.62. The molecule has 0 amide bonds. The summed E-state index contributed by atoms with van der Waals surface area (Å²) in [6, 6.07) is 8.22. The molecule has 100 valence electrons. The monoisotopic (exact) mass is 263 g/mol. The molecular formula is C14H15F2N3. The summed E-state index contributed by atoms with van der Waals surface area (Å²) in [5.41, 5.74) is 7.10. The molecule has 1 heterocycles. The average molecular weight is 263 g/mol. The molecule has 0 spiro atoms. The van der Waals surface area contributed by atoms with Crippen LogP contribution in [0.2, 0.25) is 0 Å². The van der Waals surface area contributed by atoms with Gasteiger partial charge in [-0.2, -0.15) is 0 Å². The summed E-state index contributed by atoms with van der Waals surface area (Å²) in [6.45, 7) is 4.06. The average Bonchev–Trinajstić information content (AvgIpc) is 2.36. The van der Waals surface area contributed by atoms with E-state index in [1.54, 1.807) is 0 Å². The first-order chi connectivity index (χ1) is 8.99. The van der Waals surface area contributed by atoms with E-state index in [2.05, 4.69) is 10.3 Å². The van der Waals surface area contributed by atoms with E-state index >= 15 is 0 Å². The zero-order valence-corrected chi connectivity index (χ0v) is 10.7. The zero-order chi connectivity index (χ0) is 14.0. The number of rotatable bonds is 3. The van der Waals surface area contributed by atoms with E-state index in [9.17, 15) is 8.78 Å². The standard InChI is InChI=1S/C14H15F2N3/c1-8(2)9-5-3-4-6-12(9)18-14-11(16)7-10(15)13(17)19-14/h3-8H,1-2H3,(H3,17,18,19). The van der Waals surface area contributed by atoms with Gasteiger partial charge in [0.2, 0.25) is 0 Å². The molecule has 0 aliphatic rings. The Kier molecular flexibility index (Phi) is 3.64. The number of anilines is 3. The SMILES string of the molecule is CC(C)c1ccccc1Nc1nc(N)c(F)cc1F. The molecule has 0 atom stereocenters. The summed E-state index contributed by atoms with van der Waals surface area (Å²) in [4.78, 5) is 3.68. The van der Waals surface area contributed by atoms with Gasteiger partial charge < -0.3 is 11.1 Å². The van der Waals surface area contributed by atoms with Crippen LogP contribution in [0.25, 0.3) is 0 Å². The maximum Gasteiger partial charge on any atom is 0.169 e. The van der Waals surface area contributed by atoms with Crippen molar-refractivity contribution in [3.63, 3.8) is 0 Å². The predicted octanol–water partition coefficient (Wildman–Crippen LogP) is 3.81. The maximum absolute atomic E-state index is 13.6. The van der Waals surface area contributed by atoms with Crippen LogP contribution in [0.15, 0.2) is 30.3 Å². The topological polar surface area (TPSA) is 50.9 Å². The van der Waals surface area contributed by atoms with Crippen LogP contribution in [0.3, 0.4) is 0 Å². The smallest absolute Gasteiger partial charge is 0.169 e. The van der Waals surface area contributed by atoms with Gasteiger partial charge in [0.1, 0.15) is 0 Å². The third-order valence-electron chi connectivity index (χ3n) is 2.79. The molecule has 0 aliphatic heterocycles. The van der Waals surface area contributed by atoms with Crippen LogP contribution in [-0.4, -0.2) is 4.98 Å². The molecule has 1 aromatic carbocycles. The molecule has 0 unspecified atom stereocenters. The fourth-order valence-electron chi connectivity index (χ4n) is 1.81. The number of aromatic nitrogens is 1. The number of nitrogens with two attached hydrogens (primary N) is 1. The quantitative estimate of drug-likeness (QED) is 0.885. The number of nitrogen functional groups attached to an aromatic ring is 1. The van der Waals surface area contributed by atoms with E-state index in [0.717, 1.165) is 17.3 Å². The molecule has 5 heteroatoms. The summed E-state index contributed by atoms with van der Waals surface area (Å²) in [6.07, 6.45) is 0. The Morgan fingerprint density at radius 3 is 2.53 bits per heavy atom. The third-order valence-corrected chi connectivity index (χ3v) is 2.79. The molecule has 2 aromatic rings. The van der Waals surface area contributed by atoms with Crippen molar-refractivity contribution in [2.45, 2.75) is 19.8 Å². The fraction of sp³-hybridized carbons (Fsp3) is 0.214. The second-order valence-corrected chi connectivity index (χ2v) is 4.55. The third kappa shape index (κ3) is 2.81. The second kappa shape index (κ2) is 5.22. The lowest BCUT2D eigenvalue weighted by atomic mass is 10.0. The number of pyridine rings is 1. The molecule has 0 radical (unpaired) electrons. The van der Waals surface area contributed by atoms with Crippen LogP contribution >= 0.6 is 0 Å². The van der Waals surface area contributed by atoms with Gasteiger partial charge in [0.15, 0.2) is 23.3 Å². The van der Waals surface area contributed by atoms with E-state index in [-0.39, 0.29) is 17.6 Å². The van der Waals surface area contributed by atoms with Gasteiger partial charge in [-0.1, -0.05) is 32.0 Å². The van der Waals surface area contributed by atoms with Crippen LogP contribution in [0.1, 0.15) is 25.3 Å². The summed E-state index contributed by atoms with van der Waals surface area (Å²) >= 11 is 0. The van der Waals surface area contributed by atoms with Crippen molar-refractivity contribution >= 4 is 17.3 Å². The van der Waals surface area contributed by atoms with Gasteiger partial charge in [-0.05, 0) is 17.5 Å². The Morgan fingerprint density at radius 1 is 1.16 bits per heavy atom. The first-order valence-electron chi connectivity index (χ1n) is 5.96. The predicted molar refractivity (Wildman–Crippen MR) is 72.4 cm³/mol. The minimum Gasteiger partial charge on any atom is -0.381 e. The van der Waals surface area contributed by atoms with E-state index in [1.165, 1.54) is 0 Å². The van der Waals surface area contributed by atoms with Gasteiger partial charge in [-0.3, -0.25) is 0 Å². The van der Waals surface area contributed by atoms with Gasteiger partial charge in [-0.25, -0.2) is 13.8 Å². The molecule has 0 bridgehead atoms. The zero-order valence-electron chi connectivity index (χ0n) is 10.7. The van der Waals surface area contributed by atoms with Gasteiger partial charge >= 0.3 is 0 Å². The fourth-order valence-corrected chi connectivity index (χ4v) is 1.81. The van der Waals surface area contributed by atoms with Crippen molar-refractivity contribution in [3.05, 3.63) is 47.5 Å². The molecule has 3 N–H and O–H groups in total. The molecule has 2 rings (SSSR count). The minimum absolute atomic E-state index is 0.0769. The number of hydrogen-bond acceptors (Lipinski definition) is 3. The molecular weight excluding hydrogens is 248 g/mol. The van der Waals surface area contributed by atoms with Crippen LogP contribution in [-0.2, 0) is 0 Å². The van der Waals surface area contributed by atoms with Gasteiger partial charge in [0, 0.05) is 11.8 Å². The second-order valence-electron chi connectivity index (χ2n) is 4.55. The number of nitrogens with zero attached hydrogens (tertiary/aromatic N) is 1. The number of para-hydroxylation sites is 1. The van der Waals surface area contributed by atoms with Crippen molar-refractivity contribution in [2.24, 2.45) is 0 Å². The number of nitrogens with one attached hydrogen (secondary N) is 1. The van der Waals surface area contributed by atoms with E-state index in [0.29, 0.717) is 0 Å². The van der Waals surface area contributed by atoms with Crippen LogP contribution < -0.4 is 11.1 Å². The van der Waals surface area contributed by atoms with Gasteiger partial charge in [0.05, 0.1) is 0 Å². The lowest BCUT2D eigenvalue weighted by Gasteiger charge is -2.14. The lowest BCUT2D eigenvalue weighted by molar-refractivity contribution is 0.581. The van der Waals surface area contributed by atoms with Crippen LogP contribution in [0.4, 0.5) is 26.1 Å². The molecule has 0 saturated heterocycles. The normalized spacial score (nSPS) is 10.8. The summed E-state index contributed by atoms with van der Waals surface area (Å²) < 4.78 is 26.7. The Balaban J connectivity index is 2.39. The van der Waals surface area contributed by atoms with Gasteiger partial charge in [-0.15, -0.1) is 0 Å². The molecule has 3 nitrogen and oxygen atoms in total. The first-order valence-corrected chi connectivity index (χ1v) is 5.96. The summed E-state index contributed by atoms with van der Waals surface area (Å²) in [7, 11) is 0. The molecule has 19 heavy (non-hydrogen) atoms. The van der Waals surface area contributed by atoms with Crippen LogP contribution in [0, 0.1) is 11.6 Å². The first kappa shape index (κ1) is 13.3. The van der Waals surface area contributed by atoms with Crippen molar-refractivity contribution in [2.75, 3.05) is 11.1 Å². The van der Waals surface area contributed by atoms with Crippen molar-refractivity contribution in [1.29, 1.82) is 0 Å². The molecule has 0 saturated carbocycles. The lowest BCUT2D eigenvalue weighted by Crippen LogP contribution is -2.05.